The Morgan fingerprint density at radius 1 is 1.28 bits per heavy atom. The number of carbonyl (C=O) groups excluding carboxylic acids is 2. The molecule has 2 N–H and O–H groups in total. The summed E-state index contributed by atoms with van der Waals surface area (Å²) in [5.74, 6) is -0.210. The summed E-state index contributed by atoms with van der Waals surface area (Å²) < 4.78 is 0. The third kappa shape index (κ3) is 1.68. The normalized spacial score (nSPS) is 24.1. The minimum Gasteiger partial charge on any atom is -0.397 e. The van der Waals surface area contributed by atoms with Gasteiger partial charge in [-0.1, -0.05) is 26.0 Å². The fourth-order valence-corrected chi connectivity index (χ4v) is 2.22. The van der Waals surface area contributed by atoms with Crippen LogP contribution in [0, 0.1) is 11.3 Å². The van der Waals surface area contributed by atoms with Crippen LogP contribution in [0.4, 0.5) is 11.4 Å². The molecule has 1 atom stereocenters. The monoisotopic (exact) mass is 246 g/mol. The van der Waals surface area contributed by atoms with E-state index in [1.165, 1.54) is 4.90 Å². The maximum atomic E-state index is 12.5. The number of nitrogens with two attached hydrogens (primary N) is 1. The van der Waals surface area contributed by atoms with Crippen molar-refractivity contribution in [3.05, 3.63) is 24.3 Å². The van der Waals surface area contributed by atoms with Crippen molar-refractivity contribution in [3.63, 3.8) is 0 Å². The van der Waals surface area contributed by atoms with Gasteiger partial charge in [0.05, 0.1) is 16.8 Å². The van der Waals surface area contributed by atoms with Crippen LogP contribution in [0.3, 0.4) is 0 Å². The van der Waals surface area contributed by atoms with Gasteiger partial charge in [0.1, 0.15) is 0 Å². The lowest BCUT2D eigenvalue weighted by atomic mass is 9.78. The molecule has 1 heterocycles. The van der Waals surface area contributed by atoms with Gasteiger partial charge < -0.3 is 5.73 Å². The Morgan fingerprint density at radius 2 is 1.89 bits per heavy atom. The van der Waals surface area contributed by atoms with Crippen molar-refractivity contribution in [2.24, 2.45) is 11.3 Å². The molecule has 1 fully saturated rings. The molecule has 1 aromatic carbocycles. The number of anilines is 2. The number of nitrogen functional groups attached to an aromatic ring is 1. The van der Waals surface area contributed by atoms with Crippen LogP contribution in [-0.2, 0) is 9.59 Å². The lowest BCUT2D eigenvalue weighted by molar-refractivity contribution is -0.126. The minimum absolute atomic E-state index is 0.115. The first-order valence-electron chi connectivity index (χ1n) is 6.10. The second-order valence-corrected chi connectivity index (χ2v) is 5.34. The maximum absolute atomic E-state index is 12.5. The lowest BCUT2D eigenvalue weighted by Gasteiger charge is -2.26. The van der Waals surface area contributed by atoms with Crippen molar-refractivity contribution in [1.82, 2.24) is 0 Å². The molecule has 0 aromatic heterocycles. The molecule has 2 rings (SSSR count). The van der Waals surface area contributed by atoms with Crippen molar-refractivity contribution >= 4 is 23.2 Å². The van der Waals surface area contributed by atoms with Crippen LogP contribution in [0.2, 0.25) is 0 Å². The molecule has 1 aromatic rings. The van der Waals surface area contributed by atoms with E-state index in [0.717, 1.165) is 0 Å². The molecule has 96 valence electrons. The van der Waals surface area contributed by atoms with Gasteiger partial charge >= 0.3 is 0 Å². The number of hydrogen-bond donors (Lipinski definition) is 1. The van der Waals surface area contributed by atoms with Crippen LogP contribution in [0.15, 0.2) is 24.3 Å². The Morgan fingerprint density at radius 3 is 2.39 bits per heavy atom. The third-order valence-electron chi connectivity index (χ3n) is 3.91. The summed E-state index contributed by atoms with van der Waals surface area (Å²) >= 11 is 0. The predicted molar refractivity (Wildman–Crippen MR) is 70.9 cm³/mol. The number of hydrogen-bond acceptors (Lipinski definition) is 3. The van der Waals surface area contributed by atoms with E-state index in [4.69, 9.17) is 5.73 Å². The van der Waals surface area contributed by atoms with Crippen molar-refractivity contribution in [2.75, 3.05) is 10.6 Å². The first-order valence-corrected chi connectivity index (χ1v) is 6.10. The van der Waals surface area contributed by atoms with Gasteiger partial charge in [0.25, 0.3) is 0 Å². The van der Waals surface area contributed by atoms with Gasteiger partial charge in [-0.3, -0.25) is 9.59 Å². The first kappa shape index (κ1) is 12.6. The zero-order valence-corrected chi connectivity index (χ0v) is 10.9. The van der Waals surface area contributed by atoms with Crippen molar-refractivity contribution < 1.29 is 9.59 Å². The summed E-state index contributed by atoms with van der Waals surface area (Å²) in [5.41, 5.74) is 6.17. The summed E-state index contributed by atoms with van der Waals surface area (Å²) in [4.78, 5) is 25.8. The highest BCUT2D eigenvalue weighted by Gasteiger charge is 2.50. The molecule has 18 heavy (non-hydrogen) atoms. The SMILES string of the molecule is CC(C)C1(C)CC(=O)N(c2ccccc2N)C1=O. The topological polar surface area (TPSA) is 63.4 Å². The van der Waals surface area contributed by atoms with Crippen molar-refractivity contribution in [3.8, 4) is 0 Å². The lowest BCUT2D eigenvalue weighted by Crippen LogP contribution is -2.37. The van der Waals surface area contributed by atoms with Gasteiger partial charge in [0.2, 0.25) is 11.8 Å². The van der Waals surface area contributed by atoms with Crippen LogP contribution in [0.5, 0.6) is 0 Å². The average Bonchev–Trinajstić information content (AvgIpc) is 2.53. The molecule has 1 unspecified atom stereocenters. The maximum Gasteiger partial charge on any atom is 0.240 e. The molecule has 4 heteroatoms. The highest BCUT2D eigenvalue weighted by molar-refractivity contribution is 6.23. The highest BCUT2D eigenvalue weighted by atomic mass is 16.2. The van der Waals surface area contributed by atoms with Gasteiger partial charge in [0.15, 0.2) is 0 Å². The zero-order valence-electron chi connectivity index (χ0n) is 10.9. The van der Waals surface area contributed by atoms with E-state index < -0.39 is 5.41 Å². The number of imide groups is 1. The smallest absolute Gasteiger partial charge is 0.240 e. The van der Waals surface area contributed by atoms with Gasteiger partial charge in [-0.15, -0.1) is 0 Å². The van der Waals surface area contributed by atoms with Crippen molar-refractivity contribution in [1.29, 1.82) is 0 Å². The molecule has 2 amide bonds. The number of benzene rings is 1. The summed E-state index contributed by atoms with van der Waals surface area (Å²) in [5, 5.41) is 0. The standard InChI is InChI=1S/C14H18N2O2/c1-9(2)14(3)8-12(17)16(13(14)18)11-7-5-4-6-10(11)15/h4-7,9H,8,15H2,1-3H3. The number of rotatable bonds is 2. The van der Waals surface area contributed by atoms with E-state index in [1.54, 1.807) is 24.3 Å². The molecule has 0 spiro atoms. The molecule has 1 aliphatic rings. The average molecular weight is 246 g/mol. The molecule has 1 aliphatic heterocycles. The van der Waals surface area contributed by atoms with Crippen molar-refractivity contribution in [2.45, 2.75) is 27.2 Å². The van der Waals surface area contributed by atoms with Crippen LogP contribution in [0.1, 0.15) is 27.2 Å². The number of nitrogens with zero attached hydrogens (tertiary/aromatic N) is 1. The van der Waals surface area contributed by atoms with Gasteiger partial charge in [-0.05, 0) is 25.0 Å². The summed E-state index contributed by atoms with van der Waals surface area (Å²) in [6, 6.07) is 6.96. The fourth-order valence-electron chi connectivity index (χ4n) is 2.22. The molecule has 0 saturated carbocycles. The van der Waals surface area contributed by atoms with Crippen LogP contribution in [0.25, 0.3) is 0 Å². The van der Waals surface area contributed by atoms with Crippen LogP contribution < -0.4 is 10.6 Å². The number of para-hydroxylation sites is 2. The molecule has 1 saturated heterocycles. The van der Waals surface area contributed by atoms with Gasteiger partial charge in [-0.2, -0.15) is 0 Å². The van der Waals surface area contributed by atoms with E-state index in [-0.39, 0.29) is 24.2 Å². The molecule has 0 bridgehead atoms. The van der Waals surface area contributed by atoms with E-state index in [2.05, 4.69) is 0 Å². The van der Waals surface area contributed by atoms with E-state index in [9.17, 15) is 9.59 Å². The van der Waals surface area contributed by atoms with E-state index >= 15 is 0 Å². The quantitative estimate of drug-likeness (QED) is 0.642. The zero-order chi connectivity index (χ0) is 13.5. The largest absolute Gasteiger partial charge is 0.397 e. The molecular weight excluding hydrogens is 228 g/mol. The Balaban J connectivity index is 2.46. The Labute approximate surface area is 107 Å². The second kappa shape index (κ2) is 4.12. The molecule has 0 aliphatic carbocycles. The van der Waals surface area contributed by atoms with Crippen LogP contribution >= 0.6 is 0 Å². The second-order valence-electron chi connectivity index (χ2n) is 5.34. The number of amides is 2. The molecule has 0 radical (unpaired) electrons. The Kier molecular flexibility index (Phi) is 2.89. The van der Waals surface area contributed by atoms with E-state index in [1.807, 2.05) is 20.8 Å². The highest BCUT2D eigenvalue weighted by Crippen LogP contribution is 2.42. The van der Waals surface area contributed by atoms with Gasteiger partial charge in [-0.25, -0.2) is 4.90 Å². The number of carbonyl (C=O) groups is 2. The predicted octanol–water partition coefficient (Wildman–Crippen LogP) is 2.19. The van der Waals surface area contributed by atoms with E-state index in [0.29, 0.717) is 11.4 Å². The Bertz CT molecular complexity index is 510. The first-order chi connectivity index (χ1) is 8.38. The van der Waals surface area contributed by atoms with Gasteiger partial charge in [0, 0.05) is 6.42 Å². The minimum atomic E-state index is -0.626. The summed E-state index contributed by atoms with van der Waals surface area (Å²) in [6.45, 7) is 5.77. The summed E-state index contributed by atoms with van der Waals surface area (Å²) in [7, 11) is 0. The molecule has 4 nitrogen and oxygen atoms in total. The molecular formula is C14H18N2O2. The Hall–Kier alpha value is -1.84. The fraction of sp³-hybridized carbons (Fsp3) is 0.429. The summed E-state index contributed by atoms with van der Waals surface area (Å²) in [6.07, 6.45) is 0.248. The third-order valence-corrected chi connectivity index (χ3v) is 3.91. The van der Waals surface area contributed by atoms with Crippen LogP contribution in [-0.4, -0.2) is 11.8 Å².